The quantitative estimate of drug-likeness (QED) is 0.532. The molecule has 1 aliphatic heterocycles. The Bertz CT molecular complexity index is 1000. The summed E-state index contributed by atoms with van der Waals surface area (Å²) in [6, 6.07) is 9.48. The summed E-state index contributed by atoms with van der Waals surface area (Å²) < 4.78 is 18.8. The molecule has 0 fully saturated rings. The van der Waals surface area contributed by atoms with Crippen molar-refractivity contribution >= 4 is 17.7 Å². The largest absolute Gasteiger partial charge is 0.490 e. The molecule has 1 N–H and O–H groups in total. The number of ether oxygens (including phenoxy) is 2. The average molecular weight is 443 g/mol. The van der Waals surface area contributed by atoms with Crippen molar-refractivity contribution in [3.63, 3.8) is 0 Å². The SMILES string of the molecule is CC(C)C(NC(=O)CSc1nncn1Cc1ccco1)c1ccc2c(c1)OCCCO2. The summed E-state index contributed by atoms with van der Waals surface area (Å²) >= 11 is 1.35. The highest BCUT2D eigenvalue weighted by molar-refractivity contribution is 7.99. The standard InChI is InChI=1S/C22H26N4O4S/c1-15(2)21(16-6-7-18-19(11-16)30-10-4-9-29-18)24-20(27)13-31-22-25-23-14-26(22)12-17-5-3-8-28-17/h3,5-8,11,14-15,21H,4,9-10,12-13H2,1-2H3,(H,24,27). The Labute approximate surface area is 185 Å². The number of carbonyl (C=O) groups is 1. The van der Waals surface area contributed by atoms with E-state index in [9.17, 15) is 4.79 Å². The van der Waals surface area contributed by atoms with E-state index >= 15 is 0 Å². The zero-order chi connectivity index (χ0) is 21.6. The van der Waals surface area contributed by atoms with Crippen LogP contribution in [0.4, 0.5) is 0 Å². The first-order valence-electron chi connectivity index (χ1n) is 10.3. The first-order valence-corrected chi connectivity index (χ1v) is 11.3. The Morgan fingerprint density at radius 3 is 2.84 bits per heavy atom. The highest BCUT2D eigenvalue weighted by atomic mass is 32.2. The van der Waals surface area contributed by atoms with E-state index in [4.69, 9.17) is 13.9 Å². The van der Waals surface area contributed by atoms with E-state index in [0.717, 1.165) is 29.2 Å². The Hall–Kier alpha value is -2.94. The van der Waals surface area contributed by atoms with E-state index in [1.807, 2.05) is 34.9 Å². The molecule has 0 bridgehead atoms. The average Bonchev–Trinajstić information content (AvgIpc) is 3.37. The van der Waals surface area contributed by atoms with Crippen molar-refractivity contribution in [2.75, 3.05) is 19.0 Å². The Morgan fingerprint density at radius 1 is 1.23 bits per heavy atom. The molecule has 2 aromatic heterocycles. The van der Waals surface area contributed by atoms with E-state index in [-0.39, 0.29) is 23.6 Å². The lowest BCUT2D eigenvalue weighted by Gasteiger charge is -2.24. The maximum absolute atomic E-state index is 12.7. The Morgan fingerprint density at radius 2 is 2.06 bits per heavy atom. The summed E-state index contributed by atoms with van der Waals surface area (Å²) in [6.45, 7) is 5.97. The molecule has 4 rings (SSSR count). The van der Waals surface area contributed by atoms with Gasteiger partial charge in [-0.2, -0.15) is 0 Å². The van der Waals surface area contributed by atoms with Gasteiger partial charge in [-0.05, 0) is 35.7 Å². The first-order chi connectivity index (χ1) is 15.1. The highest BCUT2D eigenvalue weighted by Crippen LogP contribution is 2.34. The van der Waals surface area contributed by atoms with Crippen LogP contribution in [0.2, 0.25) is 0 Å². The van der Waals surface area contributed by atoms with Crippen LogP contribution in [0.25, 0.3) is 0 Å². The molecule has 9 heteroatoms. The van der Waals surface area contributed by atoms with Gasteiger partial charge < -0.3 is 23.8 Å². The molecule has 1 aromatic carbocycles. The van der Waals surface area contributed by atoms with E-state index in [1.54, 1.807) is 12.6 Å². The molecule has 8 nitrogen and oxygen atoms in total. The fourth-order valence-electron chi connectivity index (χ4n) is 3.39. The molecule has 0 saturated carbocycles. The van der Waals surface area contributed by atoms with Crippen LogP contribution >= 0.6 is 11.8 Å². The van der Waals surface area contributed by atoms with Crippen molar-refractivity contribution in [2.45, 2.75) is 38.0 Å². The van der Waals surface area contributed by atoms with Crippen LogP contribution in [-0.4, -0.2) is 39.6 Å². The van der Waals surface area contributed by atoms with Crippen LogP contribution in [0.1, 0.15) is 37.6 Å². The number of carbonyl (C=O) groups excluding carboxylic acids is 1. The molecule has 0 aliphatic carbocycles. The minimum absolute atomic E-state index is 0.0663. The van der Waals surface area contributed by atoms with Gasteiger partial charge in [-0.15, -0.1) is 10.2 Å². The van der Waals surface area contributed by atoms with Gasteiger partial charge in [0.25, 0.3) is 0 Å². The summed E-state index contributed by atoms with van der Waals surface area (Å²) in [7, 11) is 0. The summed E-state index contributed by atoms with van der Waals surface area (Å²) in [6.07, 6.45) is 4.12. The predicted octanol–water partition coefficient (Wildman–Crippen LogP) is 3.69. The molecule has 3 aromatic rings. The minimum Gasteiger partial charge on any atom is -0.490 e. The number of hydrogen-bond donors (Lipinski definition) is 1. The van der Waals surface area contributed by atoms with E-state index in [2.05, 4.69) is 29.4 Å². The van der Waals surface area contributed by atoms with Crippen LogP contribution in [0.5, 0.6) is 11.5 Å². The predicted molar refractivity (Wildman–Crippen MR) is 116 cm³/mol. The third-order valence-electron chi connectivity index (χ3n) is 4.93. The molecule has 164 valence electrons. The van der Waals surface area contributed by atoms with Gasteiger partial charge in [0.1, 0.15) is 12.1 Å². The third-order valence-corrected chi connectivity index (χ3v) is 5.91. The minimum atomic E-state index is -0.133. The second-order valence-electron chi connectivity index (χ2n) is 7.66. The van der Waals surface area contributed by atoms with Gasteiger partial charge in [0.15, 0.2) is 16.7 Å². The van der Waals surface area contributed by atoms with Crippen molar-refractivity contribution in [1.82, 2.24) is 20.1 Å². The lowest BCUT2D eigenvalue weighted by molar-refractivity contribution is -0.119. The smallest absolute Gasteiger partial charge is 0.230 e. The number of amides is 1. The van der Waals surface area contributed by atoms with Crippen molar-refractivity contribution in [1.29, 1.82) is 0 Å². The van der Waals surface area contributed by atoms with Gasteiger partial charge in [-0.3, -0.25) is 4.79 Å². The van der Waals surface area contributed by atoms with Gasteiger partial charge in [0.05, 0.1) is 37.8 Å². The van der Waals surface area contributed by atoms with Crippen LogP contribution in [0.15, 0.2) is 52.5 Å². The van der Waals surface area contributed by atoms with E-state index in [0.29, 0.717) is 24.9 Å². The topological polar surface area (TPSA) is 91.4 Å². The maximum Gasteiger partial charge on any atom is 0.230 e. The molecule has 1 amide bonds. The lowest BCUT2D eigenvalue weighted by atomic mass is 9.95. The molecule has 1 aliphatic rings. The maximum atomic E-state index is 12.7. The molecule has 0 spiro atoms. The number of nitrogens with one attached hydrogen (secondary N) is 1. The third kappa shape index (κ3) is 5.41. The van der Waals surface area contributed by atoms with Crippen molar-refractivity contribution in [3.8, 4) is 11.5 Å². The van der Waals surface area contributed by atoms with Crippen LogP contribution in [-0.2, 0) is 11.3 Å². The van der Waals surface area contributed by atoms with Gasteiger partial charge >= 0.3 is 0 Å². The van der Waals surface area contributed by atoms with Crippen molar-refractivity contribution < 1.29 is 18.7 Å². The number of fused-ring (bicyclic) bond motifs is 1. The first kappa shape index (κ1) is 21.3. The second kappa shape index (κ2) is 9.91. The van der Waals surface area contributed by atoms with E-state index in [1.165, 1.54) is 11.8 Å². The number of benzene rings is 1. The van der Waals surface area contributed by atoms with Crippen LogP contribution < -0.4 is 14.8 Å². The molecule has 31 heavy (non-hydrogen) atoms. The molecular weight excluding hydrogens is 416 g/mol. The highest BCUT2D eigenvalue weighted by Gasteiger charge is 2.21. The van der Waals surface area contributed by atoms with Gasteiger partial charge in [0, 0.05) is 6.42 Å². The van der Waals surface area contributed by atoms with Gasteiger partial charge in [0.2, 0.25) is 5.91 Å². The van der Waals surface area contributed by atoms with Crippen LogP contribution in [0.3, 0.4) is 0 Å². The fourth-order valence-corrected chi connectivity index (χ4v) is 4.11. The molecule has 1 unspecified atom stereocenters. The monoisotopic (exact) mass is 442 g/mol. The summed E-state index contributed by atoms with van der Waals surface area (Å²) in [5.41, 5.74) is 0.999. The summed E-state index contributed by atoms with van der Waals surface area (Å²) in [5, 5.41) is 11.9. The molecule has 0 radical (unpaired) electrons. The summed E-state index contributed by atoms with van der Waals surface area (Å²) in [4.78, 5) is 12.7. The molecule has 0 saturated heterocycles. The van der Waals surface area contributed by atoms with Gasteiger partial charge in [-0.1, -0.05) is 31.7 Å². The normalized spacial score (nSPS) is 14.3. The Balaban J connectivity index is 1.39. The number of hydrogen-bond acceptors (Lipinski definition) is 7. The van der Waals surface area contributed by atoms with Crippen LogP contribution in [0, 0.1) is 5.92 Å². The second-order valence-corrected chi connectivity index (χ2v) is 8.60. The summed E-state index contributed by atoms with van der Waals surface area (Å²) in [5.74, 6) is 2.67. The number of aromatic nitrogens is 3. The van der Waals surface area contributed by atoms with Crippen molar-refractivity contribution in [3.05, 3.63) is 54.2 Å². The Kier molecular flexibility index (Phi) is 6.81. The molecular formula is C22H26N4O4S. The fraction of sp³-hybridized carbons (Fsp3) is 0.409. The number of thioether (sulfide) groups is 1. The zero-order valence-corrected chi connectivity index (χ0v) is 18.4. The zero-order valence-electron chi connectivity index (χ0n) is 17.6. The van der Waals surface area contributed by atoms with Gasteiger partial charge in [-0.25, -0.2) is 0 Å². The van der Waals surface area contributed by atoms with E-state index < -0.39 is 0 Å². The van der Waals surface area contributed by atoms with Crippen molar-refractivity contribution in [2.24, 2.45) is 5.92 Å². The number of furan rings is 1. The number of rotatable bonds is 8. The molecule has 1 atom stereocenters. The molecule has 3 heterocycles. The lowest BCUT2D eigenvalue weighted by Crippen LogP contribution is -2.33. The number of nitrogens with zero attached hydrogens (tertiary/aromatic N) is 3.